The molecule has 7 atom stereocenters. The summed E-state index contributed by atoms with van der Waals surface area (Å²) in [6.45, 7) is 11.6. The van der Waals surface area contributed by atoms with E-state index in [0.29, 0.717) is 24.5 Å². The van der Waals surface area contributed by atoms with Crippen LogP contribution in [0.25, 0.3) is 0 Å². The number of fused-ring (bicyclic) bond motifs is 1. The third-order valence-corrected chi connectivity index (χ3v) is 8.37. The van der Waals surface area contributed by atoms with Crippen LogP contribution in [-0.2, 0) is 19.1 Å². The zero-order valence-corrected chi connectivity index (χ0v) is 23.9. The minimum atomic E-state index is -1.17. The van der Waals surface area contributed by atoms with Crippen molar-refractivity contribution in [1.29, 1.82) is 0 Å². The van der Waals surface area contributed by atoms with Gasteiger partial charge in [0.1, 0.15) is 17.4 Å². The lowest BCUT2D eigenvalue weighted by atomic mass is 9.70. The first-order valence-corrected chi connectivity index (χ1v) is 13.9. The number of carbonyl (C=O) groups is 3. The molecule has 3 saturated heterocycles. The molecule has 2 bridgehead atoms. The summed E-state index contributed by atoms with van der Waals surface area (Å²) in [6.07, 6.45) is -0.147. The van der Waals surface area contributed by atoms with Crippen LogP contribution in [0.2, 0.25) is 0 Å². The molecule has 204 valence electrons. The van der Waals surface area contributed by atoms with Gasteiger partial charge in [-0.15, -0.1) is 0 Å². The van der Waals surface area contributed by atoms with E-state index in [4.69, 9.17) is 9.47 Å². The maximum atomic E-state index is 14.1. The van der Waals surface area contributed by atoms with Crippen molar-refractivity contribution < 1.29 is 29.0 Å². The number of nitrogens with one attached hydrogen (secondary N) is 2. The number of aliphatic hydroxyl groups excluding tert-OH is 1. The number of alkyl halides is 1. The Balaban J connectivity index is 1.70. The molecule has 3 amide bonds. The van der Waals surface area contributed by atoms with E-state index in [2.05, 4.69) is 26.6 Å². The molecule has 9 nitrogen and oxygen atoms in total. The molecule has 0 aliphatic carbocycles. The Morgan fingerprint density at radius 1 is 1.24 bits per heavy atom. The second kappa shape index (κ2) is 10.2. The highest BCUT2D eigenvalue weighted by Crippen LogP contribution is 2.60. The number of likely N-dealkylation sites (tertiary alicyclic amines) is 1. The highest BCUT2D eigenvalue weighted by molar-refractivity contribution is 9.09. The highest BCUT2D eigenvalue weighted by atomic mass is 79.9. The van der Waals surface area contributed by atoms with Crippen LogP contribution in [0.3, 0.4) is 0 Å². The topological polar surface area (TPSA) is 117 Å². The van der Waals surface area contributed by atoms with Gasteiger partial charge in [0.2, 0.25) is 17.7 Å². The van der Waals surface area contributed by atoms with Gasteiger partial charge >= 0.3 is 0 Å². The van der Waals surface area contributed by atoms with E-state index in [-0.39, 0.29) is 35.1 Å². The number of ether oxygens (including phenoxy) is 2. The standard InChI is InChI=1S/C27H38BrN3O6/c1-7-36-16-10-8-15(9-11-16)29-23(33)19-20-25(35)31(18(13-32)14(2)3)22(24(34)30-26(4,5)6)27(20)12-17(28)21(19)37-27/h8-11,14,17-22,32H,7,12-13H2,1-6H3,(H,29,33)(H,30,34)/t17?,18-,19-,20-,21-,22?,27?/m0/s1. The average molecular weight is 581 g/mol. The van der Waals surface area contributed by atoms with Crippen molar-refractivity contribution in [3.05, 3.63) is 24.3 Å². The molecule has 1 spiro atoms. The van der Waals surface area contributed by atoms with E-state index in [0.717, 1.165) is 0 Å². The van der Waals surface area contributed by atoms with Crippen molar-refractivity contribution >= 4 is 39.3 Å². The lowest BCUT2D eigenvalue weighted by molar-refractivity contribution is -0.146. The van der Waals surface area contributed by atoms with Gasteiger partial charge in [0.15, 0.2) is 0 Å². The van der Waals surface area contributed by atoms with E-state index in [1.807, 2.05) is 41.5 Å². The Morgan fingerprint density at radius 3 is 2.43 bits per heavy atom. The molecule has 1 aromatic rings. The van der Waals surface area contributed by atoms with Gasteiger partial charge in [0.05, 0.1) is 37.2 Å². The molecule has 3 heterocycles. The maximum Gasteiger partial charge on any atom is 0.246 e. The van der Waals surface area contributed by atoms with Crippen molar-refractivity contribution in [2.75, 3.05) is 18.5 Å². The molecule has 3 fully saturated rings. The quantitative estimate of drug-likeness (QED) is 0.408. The number of hydrogen-bond donors (Lipinski definition) is 3. The molecule has 3 aliphatic rings. The number of carbonyl (C=O) groups excluding carboxylic acids is 3. The number of aliphatic hydroxyl groups is 1. The number of benzene rings is 1. The third-order valence-electron chi connectivity index (χ3n) is 7.52. The van der Waals surface area contributed by atoms with Crippen LogP contribution < -0.4 is 15.4 Å². The van der Waals surface area contributed by atoms with Crippen LogP contribution in [0.15, 0.2) is 24.3 Å². The monoisotopic (exact) mass is 579 g/mol. The summed E-state index contributed by atoms with van der Waals surface area (Å²) in [6, 6.07) is 5.50. The third kappa shape index (κ3) is 4.88. The van der Waals surface area contributed by atoms with Crippen molar-refractivity contribution in [1.82, 2.24) is 10.2 Å². The van der Waals surface area contributed by atoms with E-state index >= 15 is 0 Å². The smallest absolute Gasteiger partial charge is 0.246 e. The summed E-state index contributed by atoms with van der Waals surface area (Å²) in [5.41, 5.74) is -1.13. The van der Waals surface area contributed by atoms with E-state index in [9.17, 15) is 19.5 Å². The zero-order chi connectivity index (χ0) is 27.3. The number of rotatable bonds is 8. The predicted octanol–water partition coefficient (Wildman–Crippen LogP) is 2.70. The Hall–Kier alpha value is -2.17. The molecular weight excluding hydrogens is 542 g/mol. The maximum absolute atomic E-state index is 14.1. The molecule has 3 aliphatic heterocycles. The summed E-state index contributed by atoms with van der Waals surface area (Å²) in [7, 11) is 0. The van der Waals surface area contributed by atoms with Crippen molar-refractivity contribution in [3.8, 4) is 5.75 Å². The Morgan fingerprint density at radius 2 is 1.89 bits per heavy atom. The molecule has 0 saturated carbocycles. The lowest BCUT2D eigenvalue weighted by Crippen LogP contribution is -2.61. The number of hydrogen-bond acceptors (Lipinski definition) is 6. The van der Waals surface area contributed by atoms with Gasteiger partial charge in [0.25, 0.3) is 0 Å². The Kier molecular flexibility index (Phi) is 7.67. The zero-order valence-electron chi connectivity index (χ0n) is 22.3. The van der Waals surface area contributed by atoms with Crippen LogP contribution in [-0.4, -0.2) is 75.1 Å². The highest BCUT2D eigenvalue weighted by Gasteiger charge is 2.77. The van der Waals surface area contributed by atoms with E-state index < -0.39 is 41.2 Å². The van der Waals surface area contributed by atoms with Gasteiger partial charge in [-0.25, -0.2) is 0 Å². The van der Waals surface area contributed by atoms with Gasteiger partial charge in [-0.3, -0.25) is 14.4 Å². The minimum absolute atomic E-state index is 0.109. The predicted molar refractivity (Wildman–Crippen MR) is 142 cm³/mol. The van der Waals surface area contributed by atoms with E-state index in [1.54, 1.807) is 24.3 Å². The van der Waals surface area contributed by atoms with Gasteiger partial charge in [0, 0.05) is 16.1 Å². The molecule has 10 heteroatoms. The van der Waals surface area contributed by atoms with Crippen molar-refractivity contribution in [3.63, 3.8) is 0 Å². The number of amides is 3. The van der Waals surface area contributed by atoms with Gasteiger partial charge in [-0.2, -0.15) is 0 Å². The Bertz CT molecular complexity index is 1040. The molecule has 0 aromatic heterocycles. The Labute approximate surface area is 226 Å². The minimum Gasteiger partial charge on any atom is -0.494 e. The fourth-order valence-corrected chi connectivity index (χ4v) is 7.05. The van der Waals surface area contributed by atoms with Crippen LogP contribution in [0.1, 0.15) is 48.0 Å². The number of nitrogens with zero attached hydrogens (tertiary/aromatic N) is 1. The van der Waals surface area contributed by atoms with Crippen LogP contribution >= 0.6 is 15.9 Å². The molecule has 1 aromatic carbocycles. The molecule has 37 heavy (non-hydrogen) atoms. The van der Waals surface area contributed by atoms with Gasteiger partial charge in [-0.1, -0.05) is 29.8 Å². The van der Waals surface area contributed by atoms with Gasteiger partial charge in [-0.05, 0) is 64.3 Å². The first-order chi connectivity index (χ1) is 17.3. The summed E-state index contributed by atoms with van der Waals surface area (Å²) in [5, 5.41) is 16.2. The normalized spacial score (nSPS) is 31.4. The molecule has 4 rings (SSSR count). The van der Waals surface area contributed by atoms with E-state index in [1.165, 1.54) is 4.90 Å². The summed E-state index contributed by atoms with van der Waals surface area (Å²) >= 11 is 3.68. The lowest BCUT2D eigenvalue weighted by Gasteiger charge is -2.39. The molecular formula is C27H38BrN3O6. The summed E-state index contributed by atoms with van der Waals surface area (Å²) in [5.74, 6) is -2.04. The second-order valence-corrected chi connectivity index (χ2v) is 12.8. The molecule has 3 unspecified atom stereocenters. The fourth-order valence-electron chi connectivity index (χ4n) is 6.11. The molecule has 0 radical (unpaired) electrons. The largest absolute Gasteiger partial charge is 0.494 e. The summed E-state index contributed by atoms with van der Waals surface area (Å²) < 4.78 is 12.0. The van der Waals surface area contributed by atoms with Crippen molar-refractivity contribution in [2.24, 2.45) is 17.8 Å². The molecule has 3 N–H and O–H groups in total. The number of anilines is 1. The first-order valence-electron chi connectivity index (χ1n) is 12.9. The van der Waals surface area contributed by atoms with Crippen molar-refractivity contribution in [2.45, 2.75) is 82.1 Å². The van der Waals surface area contributed by atoms with Gasteiger partial charge < -0.3 is 30.1 Å². The van der Waals surface area contributed by atoms with Crippen LogP contribution in [0, 0.1) is 17.8 Å². The number of halogens is 1. The first kappa shape index (κ1) is 27.9. The van der Waals surface area contributed by atoms with Crippen LogP contribution in [0.4, 0.5) is 5.69 Å². The average Bonchev–Trinajstić information content (AvgIpc) is 3.38. The summed E-state index contributed by atoms with van der Waals surface area (Å²) in [4.78, 5) is 42.8. The SMILES string of the molecule is CCOc1ccc(NC(=O)[C@H]2[C@H]3C(=O)N([C@@H](CO)C(C)C)C(C(=O)NC(C)(C)C)C34CC(Br)[C@@H]2O4)cc1. The fraction of sp³-hybridized carbons (Fsp3) is 0.667. The van der Waals surface area contributed by atoms with Crippen LogP contribution in [0.5, 0.6) is 5.75 Å². The second-order valence-electron chi connectivity index (χ2n) is 11.6.